The third-order valence-corrected chi connectivity index (χ3v) is 6.58. The number of nitro benzene ring substituents is 1. The van der Waals surface area contributed by atoms with Gasteiger partial charge in [0, 0.05) is 33.7 Å². The summed E-state index contributed by atoms with van der Waals surface area (Å²) in [6.07, 6.45) is 0. The van der Waals surface area contributed by atoms with Crippen LogP contribution >= 0.6 is 38.6 Å². The van der Waals surface area contributed by atoms with E-state index < -0.39 is 4.92 Å². The van der Waals surface area contributed by atoms with Gasteiger partial charge in [-0.05, 0) is 30.3 Å². The summed E-state index contributed by atoms with van der Waals surface area (Å²) in [5.74, 6) is -0.352. The molecule has 0 fully saturated rings. The molecular weight excluding hydrogens is 438 g/mol. The fraction of sp³-hybridized carbons (Fsp3) is 0.0588. The second-order valence-electron chi connectivity index (χ2n) is 5.56. The monoisotopic (exact) mass is 447 g/mol. The molecule has 0 saturated carbocycles. The highest BCUT2D eigenvalue weighted by atomic mass is 79.9. The number of non-ortho nitro benzene ring substituents is 1. The number of amides is 1. The number of carbonyl (C=O) groups excluding carboxylic acids is 1. The largest absolute Gasteiger partial charge is 0.319 e. The smallest absolute Gasteiger partial charge is 0.289 e. The van der Waals surface area contributed by atoms with Crippen LogP contribution in [0.4, 0.5) is 5.69 Å². The van der Waals surface area contributed by atoms with Crippen LogP contribution < -0.4 is 4.80 Å². The third-order valence-electron chi connectivity index (χ3n) is 3.89. The Kier molecular flexibility index (Phi) is 4.22. The standard InChI is InChI=1S/C17H10BrN3O3S2/c1-20-12-4-2-10(18)8-14(12)26-17(20)19-16(22)15-7-9-6-11(21(23)24)3-5-13(9)25-15/h2-8H,1H3. The first-order valence-corrected chi connectivity index (χ1v) is 9.87. The minimum atomic E-state index is -0.446. The lowest BCUT2D eigenvalue weighted by atomic mass is 10.2. The van der Waals surface area contributed by atoms with Crippen LogP contribution in [0.25, 0.3) is 20.3 Å². The van der Waals surface area contributed by atoms with Gasteiger partial charge in [-0.25, -0.2) is 0 Å². The van der Waals surface area contributed by atoms with Crippen LogP contribution in [-0.2, 0) is 7.05 Å². The van der Waals surface area contributed by atoms with E-state index in [1.54, 1.807) is 12.1 Å². The first-order valence-electron chi connectivity index (χ1n) is 7.44. The van der Waals surface area contributed by atoms with Crippen molar-refractivity contribution in [2.24, 2.45) is 12.0 Å². The Morgan fingerprint density at radius 3 is 2.73 bits per heavy atom. The number of thiophene rings is 1. The first kappa shape index (κ1) is 17.1. The van der Waals surface area contributed by atoms with Crippen LogP contribution in [-0.4, -0.2) is 15.4 Å². The van der Waals surface area contributed by atoms with E-state index in [4.69, 9.17) is 0 Å². The molecule has 2 heterocycles. The maximum atomic E-state index is 12.6. The molecule has 6 nitrogen and oxygen atoms in total. The number of hydrogen-bond acceptors (Lipinski definition) is 5. The second-order valence-corrected chi connectivity index (χ2v) is 8.57. The van der Waals surface area contributed by atoms with Gasteiger partial charge in [0.05, 0.1) is 20.0 Å². The van der Waals surface area contributed by atoms with Crippen LogP contribution in [0.15, 0.2) is 51.9 Å². The maximum Gasteiger partial charge on any atom is 0.289 e. The quantitative estimate of drug-likeness (QED) is 0.324. The molecule has 0 unspecified atom stereocenters. The first-order chi connectivity index (χ1) is 12.4. The Balaban J connectivity index is 1.78. The van der Waals surface area contributed by atoms with Gasteiger partial charge in [-0.1, -0.05) is 27.3 Å². The van der Waals surface area contributed by atoms with Crippen molar-refractivity contribution in [2.45, 2.75) is 0 Å². The van der Waals surface area contributed by atoms with E-state index in [9.17, 15) is 14.9 Å². The summed E-state index contributed by atoms with van der Waals surface area (Å²) in [6, 6.07) is 12.1. The molecule has 2 aromatic heterocycles. The molecule has 130 valence electrons. The molecule has 0 bridgehead atoms. The molecule has 0 atom stereocenters. The highest BCUT2D eigenvalue weighted by Gasteiger charge is 2.13. The Bertz CT molecular complexity index is 1270. The maximum absolute atomic E-state index is 12.6. The Morgan fingerprint density at radius 1 is 1.15 bits per heavy atom. The van der Waals surface area contributed by atoms with Crippen LogP contribution in [0, 0.1) is 10.1 Å². The molecule has 0 spiro atoms. The topological polar surface area (TPSA) is 77.5 Å². The van der Waals surface area contributed by atoms with Crippen molar-refractivity contribution in [1.82, 2.24) is 4.57 Å². The average molecular weight is 448 g/mol. The van der Waals surface area contributed by atoms with E-state index in [2.05, 4.69) is 20.9 Å². The van der Waals surface area contributed by atoms with Gasteiger partial charge in [-0.2, -0.15) is 4.99 Å². The molecule has 0 N–H and O–H groups in total. The lowest BCUT2D eigenvalue weighted by molar-refractivity contribution is -0.384. The van der Waals surface area contributed by atoms with E-state index >= 15 is 0 Å². The number of aromatic nitrogens is 1. The molecule has 0 aliphatic rings. The highest BCUT2D eigenvalue weighted by molar-refractivity contribution is 9.10. The van der Waals surface area contributed by atoms with Crippen LogP contribution in [0.3, 0.4) is 0 Å². The minimum Gasteiger partial charge on any atom is -0.319 e. The average Bonchev–Trinajstić information content (AvgIpc) is 3.15. The molecule has 0 aliphatic heterocycles. The van der Waals surface area contributed by atoms with E-state index in [0.29, 0.717) is 15.1 Å². The van der Waals surface area contributed by atoms with Crippen molar-refractivity contribution in [3.8, 4) is 0 Å². The van der Waals surface area contributed by atoms with E-state index in [0.717, 1.165) is 19.4 Å². The summed E-state index contributed by atoms with van der Waals surface area (Å²) in [6.45, 7) is 0. The van der Waals surface area contributed by atoms with Gasteiger partial charge in [-0.15, -0.1) is 11.3 Å². The Hall–Kier alpha value is -2.36. The summed E-state index contributed by atoms with van der Waals surface area (Å²) in [5.41, 5.74) is 1.00. The SMILES string of the molecule is Cn1c(=NC(=O)c2cc3cc([N+](=O)[O-])ccc3s2)sc2cc(Br)ccc21. The van der Waals surface area contributed by atoms with Crippen molar-refractivity contribution >= 4 is 70.5 Å². The lowest BCUT2D eigenvalue weighted by Crippen LogP contribution is -2.12. The molecular formula is C17H10BrN3O3S2. The van der Waals surface area contributed by atoms with Crippen LogP contribution in [0.1, 0.15) is 9.67 Å². The van der Waals surface area contributed by atoms with E-state index in [-0.39, 0.29) is 11.6 Å². The molecule has 9 heteroatoms. The molecule has 26 heavy (non-hydrogen) atoms. The predicted octanol–water partition coefficient (Wildman–Crippen LogP) is 4.87. The second kappa shape index (κ2) is 6.42. The predicted molar refractivity (Wildman–Crippen MR) is 107 cm³/mol. The number of carbonyl (C=O) groups is 1. The van der Waals surface area contributed by atoms with Gasteiger partial charge in [0.25, 0.3) is 11.6 Å². The fourth-order valence-corrected chi connectivity index (χ4v) is 5.10. The van der Waals surface area contributed by atoms with Gasteiger partial charge in [0.1, 0.15) is 0 Å². The number of rotatable bonds is 2. The highest BCUT2D eigenvalue weighted by Crippen LogP contribution is 2.29. The van der Waals surface area contributed by atoms with Crippen molar-refractivity contribution < 1.29 is 9.72 Å². The number of aryl methyl sites for hydroxylation is 1. The Labute approximate surface area is 163 Å². The van der Waals surface area contributed by atoms with Crippen molar-refractivity contribution in [1.29, 1.82) is 0 Å². The zero-order valence-electron chi connectivity index (χ0n) is 13.3. The van der Waals surface area contributed by atoms with Crippen molar-refractivity contribution in [3.63, 3.8) is 0 Å². The summed E-state index contributed by atoms with van der Waals surface area (Å²) in [7, 11) is 1.87. The molecule has 4 aromatic rings. The molecule has 0 radical (unpaired) electrons. The number of hydrogen-bond donors (Lipinski definition) is 0. The lowest BCUT2D eigenvalue weighted by Gasteiger charge is -1.95. The van der Waals surface area contributed by atoms with Gasteiger partial charge in [-0.3, -0.25) is 14.9 Å². The summed E-state index contributed by atoms with van der Waals surface area (Å²) >= 11 is 6.16. The third kappa shape index (κ3) is 2.98. The molecule has 4 rings (SSSR count). The number of fused-ring (bicyclic) bond motifs is 2. The molecule has 2 aromatic carbocycles. The van der Waals surface area contributed by atoms with Crippen LogP contribution in [0.5, 0.6) is 0 Å². The van der Waals surface area contributed by atoms with Crippen molar-refractivity contribution in [2.75, 3.05) is 0 Å². The van der Waals surface area contributed by atoms with E-state index in [1.165, 1.54) is 34.8 Å². The Morgan fingerprint density at radius 2 is 1.96 bits per heavy atom. The number of nitrogens with zero attached hydrogens (tertiary/aromatic N) is 3. The zero-order chi connectivity index (χ0) is 18.4. The summed E-state index contributed by atoms with van der Waals surface area (Å²) in [5, 5.41) is 11.6. The normalized spacial score (nSPS) is 12.2. The van der Waals surface area contributed by atoms with Crippen LogP contribution in [0.2, 0.25) is 0 Å². The number of nitro groups is 1. The van der Waals surface area contributed by atoms with Gasteiger partial charge >= 0.3 is 0 Å². The minimum absolute atomic E-state index is 0.00715. The molecule has 1 amide bonds. The van der Waals surface area contributed by atoms with Gasteiger partial charge in [0.2, 0.25) is 0 Å². The number of benzene rings is 2. The zero-order valence-corrected chi connectivity index (χ0v) is 16.5. The molecule has 0 saturated heterocycles. The number of thiazole rings is 1. The van der Waals surface area contributed by atoms with Gasteiger partial charge in [0.15, 0.2) is 4.80 Å². The van der Waals surface area contributed by atoms with Crippen molar-refractivity contribution in [3.05, 3.63) is 66.7 Å². The summed E-state index contributed by atoms with van der Waals surface area (Å²) < 4.78 is 4.69. The molecule has 0 aliphatic carbocycles. The van der Waals surface area contributed by atoms with Gasteiger partial charge < -0.3 is 4.57 Å². The fourth-order valence-electron chi connectivity index (χ4n) is 2.61. The van der Waals surface area contributed by atoms with E-state index in [1.807, 2.05) is 29.8 Å². The summed E-state index contributed by atoms with van der Waals surface area (Å²) in [4.78, 5) is 28.4. The number of halogens is 1.